The van der Waals surface area contributed by atoms with Crippen molar-refractivity contribution in [2.75, 3.05) is 23.5 Å². The number of nitro benzene ring substituents is 1. The molecule has 0 bridgehead atoms. The summed E-state index contributed by atoms with van der Waals surface area (Å²) in [6.45, 7) is 1.70. The smallest absolute Gasteiger partial charge is 0.269 e. The Bertz CT molecular complexity index is 1130. The summed E-state index contributed by atoms with van der Waals surface area (Å²) >= 11 is 1.34. The van der Waals surface area contributed by atoms with E-state index < -0.39 is 4.92 Å². The first-order chi connectivity index (χ1) is 15.4. The van der Waals surface area contributed by atoms with Crippen molar-refractivity contribution in [2.45, 2.75) is 11.8 Å². The highest BCUT2D eigenvalue weighted by molar-refractivity contribution is 8.00. The summed E-state index contributed by atoms with van der Waals surface area (Å²) in [5.74, 6) is 0.402. The minimum Gasteiger partial charge on any atom is -0.497 e. The maximum Gasteiger partial charge on any atom is 0.269 e. The van der Waals surface area contributed by atoms with E-state index in [2.05, 4.69) is 10.6 Å². The number of methoxy groups -OCH3 is 1. The number of anilines is 2. The van der Waals surface area contributed by atoms with Crippen molar-refractivity contribution in [2.24, 2.45) is 0 Å². The van der Waals surface area contributed by atoms with Crippen LogP contribution in [0.3, 0.4) is 0 Å². The highest BCUT2D eigenvalue weighted by Gasteiger charge is 2.11. The number of thioether (sulfide) groups is 1. The lowest BCUT2D eigenvalue weighted by atomic mass is 10.2. The van der Waals surface area contributed by atoms with Crippen molar-refractivity contribution in [3.8, 4) is 5.75 Å². The highest BCUT2D eigenvalue weighted by Crippen LogP contribution is 2.24. The minimum atomic E-state index is -0.475. The molecule has 3 aromatic carbocycles. The lowest BCUT2D eigenvalue weighted by Crippen LogP contribution is -2.15. The van der Waals surface area contributed by atoms with Crippen LogP contribution in [0.2, 0.25) is 0 Å². The van der Waals surface area contributed by atoms with Gasteiger partial charge in [-0.25, -0.2) is 0 Å². The first-order valence-corrected chi connectivity index (χ1v) is 10.6. The number of ether oxygens (including phenoxy) is 1. The molecule has 164 valence electrons. The summed E-state index contributed by atoms with van der Waals surface area (Å²) in [5, 5.41) is 16.4. The number of benzene rings is 3. The van der Waals surface area contributed by atoms with Gasteiger partial charge >= 0.3 is 0 Å². The summed E-state index contributed by atoms with van der Waals surface area (Å²) < 4.78 is 5.09. The zero-order valence-electron chi connectivity index (χ0n) is 17.5. The van der Waals surface area contributed by atoms with Crippen LogP contribution in [-0.4, -0.2) is 29.6 Å². The fourth-order valence-corrected chi connectivity index (χ4v) is 3.52. The lowest BCUT2D eigenvalue weighted by Gasteiger charge is -2.09. The molecular formula is C23H21N3O5S. The molecule has 0 aliphatic heterocycles. The van der Waals surface area contributed by atoms with Crippen molar-refractivity contribution in [1.29, 1.82) is 0 Å². The van der Waals surface area contributed by atoms with Gasteiger partial charge in [-0.05, 0) is 67.1 Å². The zero-order chi connectivity index (χ0) is 23.1. The molecular weight excluding hydrogens is 430 g/mol. The average molecular weight is 452 g/mol. The van der Waals surface area contributed by atoms with Gasteiger partial charge in [-0.1, -0.05) is 0 Å². The van der Waals surface area contributed by atoms with Crippen LogP contribution >= 0.6 is 11.8 Å². The molecule has 2 amide bonds. The summed E-state index contributed by atoms with van der Waals surface area (Å²) in [6, 6.07) is 18.3. The van der Waals surface area contributed by atoms with Gasteiger partial charge in [-0.15, -0.1) is 11.8 Å². The van der Waals surface area contributed by atoms with Crippen molar-refractivity contribution >= 4 is 40.6 Å². The van der Waals surface area contributed by atoms with E-state index in [0.29, 0.717) is 28.3 Å². The number of nitrogens with one attached hydrogen (secondary N) is 2. The molecule has 8 nitrogen and oxygen atoms in total. The second-order valence-electron chi connectivity index (χ2n) is 6.80. The third-order valence-electron chi connectivity index (χ3n) is 4.53. The van der Waals surface area contributed by atoms with E-state index in [9.17, 15) is 19.7 Å². The highest BCUT2D eigenvalue weighted by atomic mass is 32.2. The average Bonchev–Trinajstić information content (AvgIpc) is 2.80. The molecule has 0 unspecified atom stereocenters. The maximum absolute atomic E-state index is 12.3. The Morgan fingerprint density at radius 2 is 1.69 bits per heavy atom. The van der Waals surface area contributed by atoms with Gasteiger partial charge in [0.25, 0.3) is 11.6 Å². The van der Waals surface area contributed by atoms with Crippen LogP contribution in [0.15, 0.2) is 71.6 Å². The van der Waals surface area contributed by atoms with Crippen molar-refractivity contribution in [1.82, 2.24) is 0 Å². The molecule has 3 rings (SSSR count). The van der Waals surface area contributed by atoms with Gasteiger partial charge < -0.3 is 15.4 Å². The third kappa shape index (κ3) is 6.08. The molecule has 0 aliphatic rings. The first-order valence-electron chi connectivity index (χ1n) is 9.59. The first kappa shape index (κ1) is 22.8. The van der Waals surface area contributed by atoms with Crippen LogP contribution in [0.4, 0.5) is 17.1 Å². The number of nitro groups is 1. The number of rotatable bonds is 8. The Labute approximate surface area is 189 Å². The van der Waals surface area contributed by atoms with Gasteiger partial charge in [0.2, 0.25) is 5.91 Å². The van der Waals surface area contributed by atoms with E-state index in [4.69, 9.17) is 4.74 Å². The predicted molar refractivity (Wildman–Crippen MR) is 125 cm³/mol. The number of nitrogens with zero attached hydrogens (tertiary/aromatic N) is 1. The lowest BCUT2D eigenvalue weighted by molar-refractivity contribution is -0.384. The van der Waals surface area contributed by atoms with Gasteiger partial charge in [-0.2, -0.15) is 0 Å². The van der Waals surface area contributed by atoms with Gasteiger partial charge in [0, 0.05) is 34.0 Å². The second-order valence-corrected chi connectivity index (χ2v) is 7.85. The summed E-state index contributed by atoms with van der Waals surface area (Å²) in [5.41, 5.74) is 2.30. The SMILES string of the molecule is COc1ccc(C(=O)Nc2ccc(SCC(=O)Nc3ccc([N+](=O)[O-])cc3C)cc2)cc1. The van der Waals surface area contributed by atoms with E-state index in [0.717, 1.165) is 4.90 Å². The second kappa shape index (κ2) is 10.5. The topological polar surface area (TPSA) is 111 Å². The Hall–Kier alpha value is -3.85. The molecule has 0 saturated heterocycles. The van der Waals surface area contributed by atoms with Gasteiger partial charge in [0.1, 0.15) is 5.75 Å². The molecule has 0 heterocycles. The summed E-state index contributed by atoms with van der Waals surface area (Å²) in [6.07, 6.45) is 0. The number of non-ortho nitro benzene ring substituents is 1. The van der Waals surface area contributed by atoms with Gasteiger partial charge in [-0.3, -0.25) is 19.7 Å². The zero-order valence-corrected chi connectivity index (χ0v) is 18.3. The number of carbonyl (C=O) groups excluding carboxylic acids is 2. The molecule has 0 fully saturated rings. The largest absolute Gasteiger partial charge is 0.497 e. The Balaban J connectivity index is 1.51. The molecule has 9 heteroatoms. The van der Waals surface area contributed by atoms with E-state index in [1.807, 2.05) is 12.1 Å². The van der Waals surface area contributed by atoms with Crippen LogP contribution in [0.5, 0.6) is 5.75 Å². The van der Waals surface area contributed by atoms with Crippen molar-refractivity contribution < 1.29 is 19.2 Å². The number of aryl methyl sites for hydroxylation is 1. The van der Waals surface area contributed by atoms with Crippen LogP contribution < -0.4 is 15.4 Å². The normalized spacial score (nSPS) is 10.3. The molecule has 0 aromatic heterocycles. The van der Waals surface area contributed by atoms with E-state index in [-0.39, 0.29) is 23.3 Å². The molecule has 0 spiro atoms. The fraction of sp³-hybridized carbons (Fsp3) is 0.130. The fourth-order valence-electron chi connectivity index (χ4n) is 2.82. The molecule has 0 saturated carbocycles. The van der Waals surface area contributed by atoms with Gasteiger partial charge in [0.15, 0.2) is 0 Å². The number of amides is 2. The minimum absolute atomic E-state index is 0.0194. The molecule has 32 heavy (non-hydrogen) atoms. The molecule has 3 aromatic rings. The number of hydrogen-bond donors (Lipinski definition) is 2. The maximum atomic E-state index is 12.3. The summed E-state index contributed by atoms with van der Waals surface area (Å²) in [4.78, 5) is 35.8. The quantitative estimate of drug-likeness (QED) is 0.286. The third-order valence-corrected chi connectivity index (χ3v) is 5.54. The molecule has 0 atom stereocenters. The van der Waals surface area contributed by atoms with Crippen LogP contribution in [-0.2, 0) is 4.79 Å². The van der Waals surface area contributed by atoms with Crippen LogP contribution in [0.25, 0.3) is 0 Å². The van der Waals surface area contributed by atoms with Crippen molar-refractivity contribution in [3.63, 3.8) is 0 Å². The van der Waals surface area contributed by atoms with Gasteiger partial charge in [0.05, 0.1) is 17.8 Å². The van der Waals surface area contributed by atoms with Crippen LogP contribution in [0, 0.1) is 17.0 Å². The number of carbonyl (C=O) groups is 2. The predicted octanol–water partition coefficient (Wildman–Crippen LogP) is 4.89. The molecule has 0 radical (unpaired) electrons. The molecule has 2 N–H and O–H groups in total. The molecule has 0 aliphatic carbocycles. The van der Waals surface area contributed by atoms with E-state index in [1.54, 1.807) is 50.4 Å². The summed E-state index contributed by atoms with van der Waals surface area (Å²) in [7, 11) is 1.56. The van der Waals surface area contributed by atoms with E-state index in [1.165, 1.54) is 30.0 Å². The van der Waals surface area contributed by atoms with Crippen LogP contribution in [0.1, 0.15) is 15.9 Å². The monoisotopic (exact) mass is 451 g/mol. The standard InChI is InChI=1S/C23H21N3O5S/c1-15-13-18(26(29)30)7-12-21(15)25-22(27)14-32-20-10-5-17(6-11-20)24-23(28)16-3-8-19(31-2)9-4-16/h3-13H,14H2,1-2H3,(H,24,28)(H,25,27). The van der Waals surface area contributed by atoms with Crippen molar-refractivity contribution in [3.05, 3.63) is 88.0 Å². The Morgan fingerprint density at radius 1 is 1.00 bits per heavy atom. The Morgan fingerprint density at radius 3 is 2.28 bits per heavy atom. The van der Waals surface area contributed by atoms with E-state index >= 15 is 0 Å². The Kier molecular flexibility index (Phi) is 7.45. The number of hydrogen-bond acceptors (Lipinski definition) is 6.